The van der Waals surface area contributed by atoms with E-state index in [1.807, 2.05) is 57.2 Å². The molecule has 0 radical (unpaired) electrons. The van der Waals surface area contributed by atoms with Crippen molar-refractivity contribution in [1.82, 2.24) is 10.2 Å². The van der Waals surface area contributed by atoms with Gasteiger partial charge in [-0.1, -0.05) is 72.3 Å². The lowest BCUT2D eigenvalue weighted by atomic mass is 10.00. The molecule has 220 valence electrons. The topological polar surface area (TPSA) is 86.8 Å². The number of sulfonamides is 1. The van der Waals surface area contributed by atoms with Crippen LogP contribution in [0.25, 0.3) is 0 Å². The molecule has 1 N–H and O–H groups in total. The Balaban J connectivity index is 1.92. The number of anilines is 1. The van der Waals surface area contributed by atoms with Crippen molar-refractivity contribution in [2.75, 3.05) is 17.1 Å². The highest BCUT2D eigenvalue weighted by molar-refractivity contribution is 7.92. The summed E-state index contributed by atoms with van der Waals surface area (Å²) in [4.78, 5) is 29.0. The van der Waals surface area contributed by atoms with Crippen LogP contribution in [-0.4, -0.2) is 49.5 Å². The van der Waals surface area contributed by atoms with Gasteiger partial charge in [-0.25, -0.2) is 12.8 Å². The summed E-state index contributed by atoms with van der Waals surface area (Å²) < 4.78 is 40.4. The Morgan fingerprint density at radius 3 is 2.17 bits per heavy atom. The Morgan fingerprint density at radius 2 is 1.56 bits per heavy atom. The summed E-state index contributed by atoms with van der Waals surface area (Å²) in [5.41, 5.74) is 0.928. The first kappa shape index (κ1) is 32.1. The molecule has 3 aromatic rings. The highest BCUT2D eigenvalue weighted by atomic mass is 35.5. The molecule has 0 aliphatic carbocycles. The standard InChI is InChI=1S/C31H37ClFN3O4S/c1-31(2,3)34-30(38)28(21-23-13-6-5-7-14-23)35(22-24-15-8-9-16-25(24)32)29(37)19-12-20-36(41(4,39)40)27-18-11-10-17-26(27)33/h5-11,13-18,28H,12,19-22H2,1-4H3,(H,34,38)/t28-/m0/s1. The van der Waals surface area contributed by atoms with Crippen molar-refractivity contribution in [3.05, 3.63) is 101 Å². The van der Waals surface area contributed by atoms with Gasteiger partial charge in [-0.15, -0.1) is 0 Å². The van der Waals surface area contributed by atoms with E-state index in [-0.39, 0.29) is 49.9 Å². The molecule has 0 bridgehead atoms. The third kappa shape index (κ3) is 9.57. The fraction of sp³-hybridized carbons (Fsp3) is 0.355. The number of benzene rings is 3. The Bertz CT molecular complexity index is 1440. The lowest BCUT2D eigenvalue weighted by Crippen LogP contribution is -2.54. The molecule has 0 aromatic heterocycles. The van der Waals surface area contributed by atoms with E-state index in [4.69, 9.17) is 11.6 Å². The molecule has 2 amide bonds. The van der Waals surface area contributed by atoms with Gasteiger partial charge in [-0.2, -0.15) is 0 Å². The van der Waals surface area contributed by atoms with Gasteiger partial charge in [0.1, 0.15) is 11.9 Å². The van der Waals surface area contributed by atoms with Crippen LogP contribution < -0.4 is 9.62 Å². The number of rotatable bonds is 12. The lowest BCUT2D eigenvalue weighted by molar-refractivity contribution is -0.142. The number of nitrogens with one attached hydrogen (secondary N) is 1. The van der Waals surface area contributed by atoms with E-state index in [0.717, 1.165) is 16.1 Å². The molecule has 41 heavy (non-hydrogen) atoms. The van der Waals surface area contributed by atoms with E-state index in [2.05, 4.69) is 5.32 Å². The van der Waals surface area contributed by atoms with Crippen LogP contribution in [0.1, 0.15) is 44.7 Å². The zero-order valence-corrected chi connectivity index (χ0v) is 25.4. The maximum Gasteiger partial charge on any atom is 0.243 e. The average molecular weight is 602 g/mol. The Labute approximate surface area is 247 Å². The molecule has 0 fully saturated rings. The van der Waals surface area contributed by atoms with Crippen molar-refractivity contribution in [2.24, 2.45) is 0 Å². The van der Waals surface area contributed by atoms with Crippen LogP contribution in [0.4, 0.5) is 10.1 Å². The molecule has 0 unspecified atom stereocenters. The quantitative estimate of drug-likeness (QED) is 0.294. The predicted octanol–water partition coefficient (Wildman–Crippen LogP) is 5.58. The van der Waals surface area contributed by atoms with Crippen LogP contribution in [0.2, 0.25) is 5.02 Å². The second-order valence-electron chi connectivity index (χ2n) is 10.9. The van der Waals surface area contributed by atoms with Gasteiger partial charge in [0.15, 0.2) is 0 Å². The third-order valence-corrected chi connectivity index (χ3v) is 7.89. The number of carbonyl (C=O) groups is 2. The van der Waals surface area contributed by atoms with Crippen LogP contribution in [0.3, 0.4) is 0 Å². The predicted molar refractivity (Wildman–Crippen MR) is 162 cm³/mol. The Hall–Kier alpha value is -3.43. The number of carbonyl (C=O) groups excluding carboxylic acids is 2. The molecule has 7 nitrogen and oxygen atoms in total. The van der Waals surface area contributed by atoms with E-state index in [9.17, 15) is 22.4 Å². The zero-order chi connectivity index (χ0) is 30.2. The lowest BCUT2D eigenvalue weighted by Gasteiger charge is -2.34. The molecule has 0 aliphatic rings. The fourth-order valence-electron chi connectivity index (χ4n) is 4.45. The number of amides is 2. The maximum absolute atomic E-state index is 14.5. The van der Waals surface area contributed by atoms with Gasteiger partial charge in [0, 0.05) is 36.5 Å². The van der Waals surface area contributed by atoms with Crippen molar-refractivity contribution >= 4 is 39.1 Å². The molecule has 3 rings (SSSR count). The molecule has 10 heteroatoms. The third-order valence-electron chi connectivity index (χ3n) is 6.34. The highest BCUT2D eigenvalue weighted by Crippen LogP contribution is 2.24. The van der Waals surface area contributed by atoms with Crippen LogP contribution in [0.15, 0.2) is 78.9 Å². The van der Waals surface area contributed by atoms with Crippen molar-refractivity contribution in [2.45, 2.75) is 58.2 Å². The number of hydrogen-bond donors (Lipinski definition) is 1. The molecule has 0 saturated heterocycles. The van der Waals surface area contributed by atoms with Gasteiger partial charge in [0.25, 0.3) is 0 Å². The Morgan fingerprint density at radius 1 is 0.951 bits per heavy atom. The summed E-state index contributed by atoms with van der Waals surface area (Å²) in [5.74, 6) is -1.34. The minimum absolute atomic E-state index is 0.0704. The number of halogens is 2. The number of para-hydroxylation sites is 1. The highest BCUT2D eigenvalue weighted by Gasteiger charge is 2.32. The van der Waals surface area contributed by atoms with Crippen LogP contribution in [-0.2, 0) is 32.6 Å². The fourth-order valence-corrected chi connectivity index (χ4v) is 5.62. The smallest absolute Gasteiger partial charge is 0.243 e. The van der Waals surface area contributed by atoms with Gasteiger partial charge >= 0.3 is 0 Å². The van der Waals surface area contributed by atoms with Gasteiger partial charge in [0.2, 0.25) is 21.8 Å². The molecule has 0 heterocycles. The summed E-state index contributed by atoms with van der Waals surface area (Å²) in [7, 11) is -3.82. The Kier molecular flexibility index (Phi) is 10.9. The van der Waals surface area contributed by atoms with Gasteiger partial charge in [0.05, 0.1) is 11.9 Å². The van der Waals surface area contributed by atoms with Crippen LogP contribution >= 0.6 is 11.6 Å². The van der Waals surface area contributed by atoms with Gasteiger partial charge in [-0.05, 0) is 56.5 Å². The van der Waals surface area contributed by atoms with Crippen LogP contribution in [0, 0.1) is 5.82 Å². The SMILES string of the molecule is CC(C)(C)NC(=O)[C@H](Cc1ccccc1)N(Cc1ccccc1Cl)C(=O)CCCN(c1ccccc1F)S(C)(=O)=O. The minimum atomic E-state index is -3.82. The zero-order valence-electron chi connectivity index (χ0n) is 23.8. The molecule has 0 saturated carbocycles. The number of nitrogens with zero attached hydrogens (tertiary/aromatic N) is 2. The van der Waals surface area contributed by atoms with E-state index in [1.165, 1.54) is 23.1 Å². The van der Waals surface area contributed by atoms with Crippen LogP contribution in [0.5, 0.6) is 0 Å². The first-order valence-electron chi connectivity index (χ1n) is 13.4. The second kappa shape index (κ2) is 14.0. The molecular weight excluding hydrogens is 565 g/mol. The molecule has 3 aromatic carbocycles. The van der Waals surface area contributed by atoms with E-state index in [0.29, 0.717) is 10.6 Å². The largest absolute Gasteiger partial charge is 0.350 e. The maximum atomic E-state index is 14.5. The molecule has 1 atom stereocenters. The van der Waals surface area contributed by atoms with Crippen molar-refractivity contribution in [1.29, 1.82) is 0 Å². The summed E-state index contributed by atoms with van der Waals surface area (Å²) >= 11 is 6.46. The first-order valence-corrected chi connectivity index (χ1v) is 15.6. The van der Waals surface area contributed by atoms with E-state index < -0.39 is 27.4 Å². The summed E-state index contributed by atoms with van der Waals surface area (Å²) in [6.07, 6.45) is 1.30. The van der Waals surface area contributed by atoms with Crippen molar-refractivity contribution in [3.8, 4) is 0 Å². The van der Waals surface area contributed by atoms with Gasteiger partial charge in [-0.3, -0.25) is 13.9 Å². The van der Waals surface area contributed by atoms with Crippen molar-refractivity contribution < 1.29 is 22.4 Å². The first-order chi connectivity index (χ1) is 19.3. The van der Waals surface area contributed by atoms with E-state index >= 15 is 0 Å². The normalized spacial score (nSPS) is 12.4. The van der Waals surface area contributed by atoms with Crippen molar-refractivity contribution in [3.63, 3.8) is 0 Å². The summed E-state index contributed by atoms with van der Waals surface area (Å²) in [5, 5.41) is 3.46. The second-order valence-corrected chi connectivity index (χ2v) is 13.3. The molecular formula is C31H37ClFN3O4S. The number of hydrogen-bond acceptors (Lipinski definition) is 4. The van der Waals surface area contributed by atoms with Gasteiger partial charge < -0.3 is 10.2 Å². The summed E-state index contributed by atoms with van der Waals surface area (Å²) in [6, 6.07) is 21.3. The molecule has 0 aliphatic heterocycles. The summed E-state index contributed by atoms with van der Waals surface area (Å²) in [6.45, 7) is 5.58. The minimum Gasteiger partial charge on any atom is -0.350 e. The monoisotopic (exact) mass is 601 g/mol. The van der Waals surface area contributed by atoms with E-state index in [1.54, 1.807) is 24.3 Å². The average Bonchev–Trinajstić information content (AvgIpc) is 2.89. The molecule has 0 spiro atoms.